The second kappa shape index (κ2) is 34.3. The molecule has 0 spiro atoms. The summed E-state index contributed by atoms with van der Waals surface area (Å²) in [5.74, 6) is -4.91. The van der Waals surface area contributed by atoms with Crippen LogP contribution in [0.2, 0.25) is 0 Å². The molecule has 4 aromatic rings. The number of hydrogen-bond acceptors (Lipinski definition) is 17. The largest absolute Gasteiger partial charge is 0.496 e. The van der Waals surface area contributed by atoms with Gasteiger partial charge in [-0.25, -0.2) is 4.79 Å². The molecule has 450 valence electrons. The number of carbonyl (C=O) groups is 9. The summed E-state index contributed by atoms with van der Waals surface area (Å²) in [5, 5.41) is 21.6. The third-order valence-corrected chi connectivity index (χ3v) is 12.9. The summed E-state index contributed by atoms with van der Waals surface area (Å²) in [7, 11) is 5.40. The van der Waals surface area contributed by atoms with Crippen LogP contribution in [0.15, 0.2) is 72.8 Å². The van der Waals surface area contributed by atoms with Crippen LogP contribution < -0.4 is 95.9 Å². The van der Waals surface area contributed by atoms with Gasteiger partial charge in [-0.1, -0.05) is 0 Å². The van der Waals surface area contributed by atoms with Crippen LogP contribution in [0.5, 0.6) is 23.0 Å². The molecular weight excluding hydrogens is 1080 g/mol. The number of hydrogen-bond donors (Lipinski definition) is 14. The van der Waals surface area contributed by atoms with E-state index in [4.69, 9.17) is 53.3 Å². The number of ether oxygens (including phenoxy) is 4. The normalized spacial score (nSPS) is 12.2. The lowest BCUT2D eigenvalue weighted by molar-refractivity contribution is -0.118. The molecule has 4 rings (SSSR count). The number of benzene rings is 4. The van der Waals surface area contributed by atoms with Crippen molar-refractivity contribution in [2.24, 2.45) is 34.4 Å². The molecule has 0 aliphatic heterocycles. The Bertz CT molecular complexity index is 2910. The Morgan fingerprint density at radius 2 is 0.711 bits per heavy atom. The summed E-state index contributed by atoms with van der Waals surface area (Å²) in [5.41, 5.74) is 34.6. The zero-order valence-electron chi connectivity index (χ0n) is 47.1. The predicted octanol–water partition coefficient (Wildman–Crippen LogP) is 2.13. The Labute approximate surface area is 481 Å². The minimum atomic E-state index is -1.18. The average Bonchev–Trinajstić information content (AvgIpc) is 3.54. The first-order valence-corrected chi connectivity index (χ1v) is 26.9. The van der Waals surface area contributed by atoms with E-state index in [-0.39, 0.29) is 100 Å². The van der Waals surface area contributed by atoms with Crippen molar-refractivity contribution in [1.29, 1.82) is 0 Å². The Morgan fingerprint density at radius 3 is 1.00 bits per heavy atom. The van der Waals surface area contributed by atoms with Crippen LogP contribution in [0.3, 0.4) is 0 Å². The highest BCUT2D eigenvalue weighted by Crippen LogP contribution is 2.28. The topological polar surface area (TPSA) is 443 Å². The average molecular weight is 1160 g/mol. The van der Waals surface area contributed by atoms with Crippen molar-refractivity contribution in [1.82, 2.24) is 21.3 Å². The first kappa shape index (κ1) is 66.5. The summed E-state index contributed by atoms with van der Waals surface area (Å²) >= 11 is 0. The summed E-state index contributed by atoms with van der Waals surface area (Å²) in [6.07, 6.45) is 3.97. The Hall–Kier alpha value is -9.05. The number of methoxy groups -OCH3 is 4. The minimum Gasteiger partial charge on any atom is -0.496 e. The fourth-order valence-corrected chi connectivity index (χ4v) is 8.45. The number of nitrogens with two attached hydrogens (primary N) is 6. The number of anilines is 4. The molecule has 0 heterocycles. The van der Waals surface area contributed by atoms with Crippen LogP contribution in [0.1, 0.15) is 112 Å². The maximum absolute atomic E-state index is 14.2. The van der Waals surface area contributed by atoms with E-state index in [0.29, 0.717) is 64.6 Å². The maximum Gasteiger partial charge on any atom is 0.312 e. The van der Waals surface area contributed by atoms with Crippen LogP contribution in [0.25, 0.3) is 0 Å². The first-order chi connectivity index (χ1) is 39.8. The van der Waals surface area contributed by atoms with Crippen molar-refractivity contribution in [2.75, 3.05) is 75.9 Å². The molecule has 0 radical (unpaired) electrons. The highest BCUT2D eigenvalue weighted by molar-refractivity contribution is 6.07. The van der Waals surface area contributed by atoms with Gasteiger partial charge in [-0.15, -0.1) is 0 Å². The van der Waals surface area contributed by atoms with Gasteiger partial charge in [0.2, 0.25) is 23.6 Å². The predicted molar refractivity (Wildman–Crippen MR) is 312 cm³/mol. The number of carbonyl (C=O) groups excluding carboxylic acids is 9. The molecule has 0 bridgehead atoms. The Balaban J connectivity index is 1.54. The minimum absolute atomic E-state index is 0.0115. The van der Waals surface area contributed by atoms with Crippen molar-refractivity contribution in [3.8, 4) is 23.0 Å². The monoisotopic (exact) mass is 1150 g/mol. The molecule has 20 N–H and O–H groups in total. The zero-order chi connectivity index (χ0) is 61.0. The van der Waals surface area contributed by atoms with Crippen LogP contribution in [-0.2, 0) is 19.2 Å². The van der Waals surface area contributed by atoms with Gasteiger partial charge in [-0.2, -0.15) is 0 Å². The summed E-state index contributed by atoms with van der Waals surface area (Å²) < 4.78 is 21.7. The fraction of sp³-hybridized carbons (Fsp3) is 0.411. The number of amides is 10. The van der Waals surface area contributed by atoms with Gasteiger partial charge in [0.1, 0.15) is 41.1 Å². The van der Waals surface area contributed by atoms with E-state index in [2.05, 4.69) is 42.5 Å². The quantitative estimate of drug-likeness (QED) is 0.0293. The van der Waals surface area contributed by atoms with E-state index in [1.165, 1.54) is 101 Å². The number of unbranched alkanes of at least 4 members (excludes halogenated alkanes) is 3. The molecule has 0 aliphatic carbocycles. The second-order valence-corrected chi connectivity index (χ2v) is 19.0. The molecule has 0 saturated carbocycles. The molecule has 0 unspecified atom stereocenters. The molecule has 0 aromatic heterocycles. The van der Waals surface area contributed by atoms with E-state index < -0.39 is 77.5 Å². The standard InChI is InChI=1S/C56H78N14O13/c1-80-44-20-16-32(28-36(44)48(61)71)65-53(76)41(13-5-8-24-57)68-50(73)38-30-34(18-22-46(38)82-3)67-55(78)43(15-7-10-26-59)70-51(74)39-31-35(19-23-47(39)83-4)66-54(77)42(14-6-9-25-58)69-49(72)37-29-33(17-21-45(37)81-2)64-52(75)40(60)12-11-27-63-56(62)79/h16-23,28-31,40-43H,5-15,24-27,57-60H2,1-4H3,(H2,61,71)(H,64,75)(H,65,76)(H,66,77)(H,67,78)(H,68,73)(H,69,72)(H,70,74)(H3,62,63,79)/t40-,41-,42-,43-/m0/s1. The van der Waals surface area contributed by atoms with Gasteiger partial charge < -0.3 is 95.9 Å². The maximum atomic E-state index is 14.2. The van der Waals surface area contributed by atoms with E-state index in [1.807, 2.05) is 0 Å². The van der Waals surface area contributed by atoms with E-state index in [0.717, 1.165) is 0 Å². The first-order valence-electron chi connectivity index (χ1n) is 26.9. The van der Waals surface area contributed by atoms with Gasteiger partial charge in [-0.3, -0.25) is 38.4 Å². The Kier molecular flexibility index (Phi) is 27.5. The second-order valence-electron chi connectivity index (χ2n) is 19.0. The van der Waals surface area contributed by atoms with Crippen molar-refractivity contribution in [2.45, 2.75) is 94.8 Å². The van der Waals surface area contributed by atoms with Crippen LogP contribution in [0, 0.1) is 0 Å². The summed E-state index contributed by atoms with van der Waals surface area (Å²) in [6.45, 7) is 1.18. The van der Waals surface area contributed by atoms with Gasteiger partial charge in [0.05, 0.1) is 56.7 Å². The lowest BCUT2D eigenvalue weighted by atomic mass is 10.1. The van der Waals surface area contributed by atoms with Crippen molar-refractivity contribution in [3.05, 3.63) is 95.1 Å². The number of urea groups is 1. The molecule has 0 saturated heterocycles. The number of primary amides is 2. The van der Waals surface area contributed by atoms with E-state index in [9.17, 15) is 43.2 Å². The Morgan fingerprint density at radius 1 is 0.410 bits per heavy atom. The van der Waals surface area contributed by atoms with Gasteiger partial charge in [0, 0.05) is 29.3 Å². The molecule has 27 heteroatoms. The van der Waals surface area contributed by atoms with Crippen molar-refractivity contribution >= 4 is 76.0 Å². The smallest absolute Gasteiger partial charge is 0.312 e. The van der Waals surface area contributed by atoms with Crippen molar-refractivity contribution in [3.63, 3.8) is 0 Å². The van der Waals surface area contributed by atoms with Crippen LogP contribution >= 0.6 is 0 Å². The van der Waals surface area contributed by atoms with Gasteiger partial charge in [0.25, 0.3) is 23.6 Å². The van der Waals surface area contributed by atoms with Gasteiger partial charge in [0.15, 0.2) is 0 Å². The SMILES string of the molecule is COc1ccc(NC(=O)[C@H](CCCCN)NC(=O)c2cc(NC(=O)[C@H](CCCCN)NC(=O)c3cc(NC(=O)[C@H](CCCCN)NC(=O)c4cc(NC(=O)[C@@H](N)CCCNC(N)=O)ccc4OC)ccc3OC)ccc2OC)cc1C(N)=O. The third kappa shape index (κ3) is 20.8. The lowest BCUT2D eigenvalue weighted by Gasteiger charge is -2.22. The number of nitrogens with one attached hydrogen (secondary N) is 8. The molecule has 4 atom stereocenters. The van der Waals surface area contributed by atoms with Gasteiger partial charge >= 0.3 is 6.03 Å². The molecule has 0 aliphatic rings. The highest BCUT2D eigenvalue weighted by Gasteiger charge is 2.29. The molecular formula is C56H78N14O13. The fourth-order valence-electron chi connectivity index (χ4n) is 8.45. The van der Waals surface area contributed by atoms with E-state index in [1.54, 1.807) is 0 Å². The highest BCUT2D eigenvalue weighted by atomic mass is 16.5. The number of rotatable bonds is 35. The third-order valence-electron chi connectivity index (χ3n) is 12.9. The molecule has 10 amide bonds. The zero-order valence-corrected chi connectivity index (χ0v) is 47.1. The van der Waals surface area contributed by atoms with Crippen LogP contribution in [-0.4, -0.2) is 132 Å². The van der Waals surface area contributed by atoms with Gasteiger partial charge in [-0.05, 0) is 163 Å². The van der Waals surface area contributed by atoms with Crippen molar-refractivity contribution < 1.29 is 62.1 Å². The molecule has 83 heavy (non-hydrogen) atoms. The summed E-state index contributed by atoms with van der Waals surface area (Å²) in [6, 6.07) is 12.2. The van der Waals surface area contributed by atoms with Crippen LogP contribution in [0.4, 0.5) is 27.5 Å². The molecule has 4 aromatic carbocycles. The lowest BCUT2D eigenvalue weighted by Crippen LogP contribution is -2.44. The molecule has 27 nitrogen and oxygen atoms in total. The summed E-state index contributed by atoms with van der Waals surface area (Å²) in [4.78, 5) is 120. The molecule has 0 fully saturated rings. The van der Waals surface area contributed by atoms with E-state index >= 15 is 0 Å².